The highest BCUT2D eigenvalue weighted by Gasteiger charge is 2.50. The monoisotopic (exact) mass is 807 g/mol. The van der Waals surface area contributed by atoms with Gasteiger partial charge in [0.25, 0.3) is 0 Å². The van der Waals surface area contributed by atoms with E-state index in [1.54, 1.807) is 0 Å². The highest BCUT2D eigenvalue weighted by Crippen LogP contribution is 2.62. The van der Waals surface area contributed by atoms with E-state index in [2.05, 4.69) is 212 Å². The molecule has 1 aliphatic carbocycles. The Morgan fingerprint density at radius 2 is 0.694 bits per heavy atom. The Labute approximate surface area is 365 Å². The fraction of sp³-hybridized carbons (Fsp3) is 0.0172. The maximum atomic E-state index is 5.30. The minimum Gasteiger partial charge on any atom is -0.208 e. The Morgan fingerprint density at radius 1 is 0.258 bits per heavy atom. The third kappa shape index (κ3) is 5.87. The lowest BCUT2D eigenvalue weighted by molar-refractivity contribution is 0.722. The molecule has 0 saturated heterocycles. The summed E-state index contributed by atoms with van der Waals surface area (Å²) in [6.45, 7) is 0. The van der Waals surface area contributed by atoms with Gasteiger partial charge in [0.1, 0.15) is 0 Å². The summed E-state index contributed by atoms with van der Waals surface area (Å²) in [5.74, 6) is 1.88. The van der Waals surface area contributed by atoms with E-state index >= 15 is 0 Å². The highest BCUT2D eigenvalue weighted by atomic mass is 32.2. The summed E-state index contributed by atoms with van der Waals surface area (Å²) < 4.78 is 0. The molecule has 0 atom stereocenters. The average Bonchev–Trinajstić information content (AvgIpc) is 3.65. The van der Waals surface area contributed by atoms with E-state index in [1.165, 1.54) is 43.2 Å². The third-order valence-corrected chi connectivity index (χ3v) is 13.6. The maximum Gasteiger partial charge on any atom is 0.164 e. The summed E-state index contributed by atoms with van der Waals surface area (Å²) >= 11 is 1.86. The zero-order chi connectivity index (χ0) is 41.0. The zero-order valence-electron chi connectivity index (χ0n) is 33.6. The first-order valence-electron chi connectivity index (χ1n) is 21.0. The van der Waals surface area contributed by atoms with E-state index in [1.807, 2.05) is 23.9 Å². The van der Waals surface area contributed by atoms with Crippen LogP contribution in [0.3, 0.4) is 0 Å². The van der Waals surface area contributed by atoms with Crippen LogP contribution in [-0.4, -0.2) is 15.0 Å². The van der Waals surface area contributed by atoms with Crippen molar-refractivity contribution in [1.82, 2.24) is 15.0 Å². The Hall–Kier alpha value is -7.66. The summed E-state index contributed by atoms with van der Waals surface area (Å²) in [6.07, 6.45) is 0. The van der Waals surface area contributed by atoms with Crippen LogP contribution in [0.5, 0.6) is 0 Å². The van der Waals surface area contributed by atoms with E-state index in [4.69, 9.17) is 15.0 Å². The van der Waals surface area contributed by atoms with Gasteiger partial charge in [-0.05, 0) is 91.0 Å². The van der Waals surface area contributed by atoms with Crippen LogP contribution < -0.4 is 0 Å². The molecule has 1 aliphatic heterocycles. The van der Waals surface area contributed by atoms with Crippen molar-refractivity contribution < 1.29 is 0 Å². The second-order valence-corrected chi connectivity index (χ2v) is 17.0. The van der Waals surface area contributed by atoms with Crippen LogP contribution in [-0.2, 0) is 5.41 Å². The van der Waals surface area contributed by atoms with Gasteiger partial charge in [0, 0.05) is 26.5 Å². The molecule has 0 radical (unpaired) electrons. The number of benzene rings is 9. The van der Waals surface area contributed by atoms with Gasteiger partial charge in [-0.2, -0.15) is 0 Å². The molecule has 62 heavy (non-hydrogen) atoms. The van der Waals surface area contributed by atoms with Crippen LogP contribution in [0.4, 0.5) is 0 Å². The van der Waals surface area contributed by atoms with Gasteiger partial charge in [0.05, 0.1) is 5.41 Å². The molecule has 0 fully saturated rings. The Kier molecular flexibility index (Phi) is 8.65. The fourth-order valence-corrected chi connectivity index (χ4v) is 10.9. The molecule has 0 amide bonds. The van der Waals surface area contributed by atoms with Gasteiger partial charge in [-0.1, -0.05) is 212 Å². The lowest BCUT2D eigenvalue weighted by atomic mass is 9.67. The van der Waals surface area contributed by atoms with Gasteiger partial charge in [-0.25, -0.2) is 15.0 Å². The summed E-state index contributed by atoms with van der Waals surface area (Å²) in [5.41, 5.74) is 17.0. The van der Waals surface area contributed by atoms with Crippen molar-refractivity contribution in [1.29, 1.82) is 0 Å². The first-order chi connectivity index (χ1) is 30.7. The minimum atomic E-state index is -0.428. The molecule has 0 saturated carbocycles. The van der Waals surface area contributed by atoms with E-state index in [-0.39, 0.29) is 0 Å². The van der Waals surface area contributed by atoms with Crippen LogP contribution >= 0.6 is 11.8 Å². The molecule has 10 aromatic rings. The van der Waals surface area contributed by atoms with Crippen LogP contribution in [0.1, 0.15) is 22.3 Å². The molecule has 290 valence electrons. The standard InChI is InChI=1S/C58H37N3S/c1-3-17-38(18-4-1)40-21-15-23-43(35-40)55-59-56(44-24-16-22-41(36-44)39-19-5-2-6-20-39)61-57(60-55)48-28-8-7-25-45(48)42-33-34-52-54(37-42)62-53-32-14-13-31-51(53)58(52)49-29-11-9-26-46(49)47-27-10-12-30-50(47)58/h1-37H. The molecule has 0 N–H and O–H groups in total. The number of hydrogen-bond acceptors (Lipinski definition) is 4. The molecule has 0 unspecified atom stereocenters. The van der Waals surface area contributed by atoms with Crippen molar-refractivity contribution in [3.63, 3.8) is 0 Å². The van der Waals surface area contributed by atoms with Gasteiger partial charge in [0.2, 0.25) is 0 Å². The second kappa shape index (κ2) is 14.8. The lowest BCUT2D eigenvalue weighted by Crippen LogP contribution is -2.31. The van der Waals surface area contributed by atoms with Crippen molar-refractivity contribution in [2.45, 2.75) is 15.2 Å². The molecular formula is C58H37N3S. The van der Waals surface area contributed by atoms with Crippen LogP contribution in [0.25, 0.3) is 78.7 Å². The Morgan fingerprint density at radius 3 is 1.29 bits per heavy atom. The van der Waals surface area contributed by atoms with Gasteiger partial charge in [0.15, 0.2) is 17.5 Å². The maximum absolute atomic E-state index is 5.30. The summed E-state index contributed by atoms with van der Waals surface area (Å²) in [4.78, 5) is 18.3. The van der Waals surface area contributed by atoms with Crippen molar-refractivity contribution in [2.75, 3.05) is 0 Å². The Balaban J connectivity index is 1.03. The van der Waals surface area contributed by atoms with E-state index in [9.17, 15) is 0 Å². The molecule has 1 spiro atoms. The second-order valence-electron chi connectivity index (χ2n) is 15.9. The quantitative estimate of drug-likeness (QED) is 0.168. The smallest absolute Gasteiger partial charge is 0.164 e. The summed E-state index contributed by atoms with van der Waals surface area (Å²) in [7, 11) is 0. The van der Waals surface area contributed by atoms with Gasteiger partial charge in [-0.15, -0.1) is 0 Å². The van der Waals surface area contributed by atoms with E-state index in [0.29, 0.717) is 17.5 Å². The van der Waals surface area contributed by atoms with Crippen LogP contribution in [0, 0.1) is 0 Å². The number of rotatable bonds is 6. The number of fused-ring (bicyclic) bond motifs is 9. The fourth-order valence-electron chi connectivity index (χ4n) is 9.65. The van der Waals surface area contributed by atoms with Crippen molar-refractivity contribution in [3.05, 3.63) is 247 Å². The van der Waals surface area contributed by atoms with Crippen molar-refractivity contribution in [2.24, 2.45) is 0 Å². The molecule has 3 nitrogen and oxygen atoms in total. The minimum absolute atomic E-state index is 0.428. The number of nitrogens with zero attached hydrogens (tertiary/aromatic N) is 3. The van der Waals surface area contributed by atoms with Crippen molar-refractivity contribution in [3.8, 4) is 78.7 Å². The predicted octanol–water partition coefficient (Wildman–Crippen LogP) is 14.7. The summed E-state index contributed by atoms with van der Waals surface area (Å²) in [6, 6.07) is 80.4. The topological polar surface area (TPSA) is 38.7 Å². The van der Waals surface area contributed by atoms with E-state index in [0.717, 1.165) is 50.1 Å². The number of aromatic nitrogens is 3. The third-order valence-electron chi connectivity index (χ3n) is 12.4. The number of hydrogen-bond donors (Lipinski definition) is 0. The van der Waals surface area contributed by atoms with Crippen LogP contribution in [0.2, 0.25) is 0 Å². The summed E-state index contributed by atoms with van der Waals surface area (Å²) in [5, 5.41) is 0. The molecule has 12 rings (SSSR count). The highest BCUT2D eigenvalue weighted by molar-refractivity contribution is 7.99. The molecule has 4 heteroatoms. The molecule has 9 aromatic carbocycles. The average molecular weight is 808 g/mol. The normalized spacial score (nSPS) is 12.9. The molecular weight excluding hydrogens is 771 g/mol. The predicted molar refractivity (Wildman–Crippen MR) is 254 cm³/mol. The van der Waals surface area contributed by atoms with Gasteiger partial charge >= 0.3 is 0 Å². The van der Waals surface area contributed by atoms with Crippen LogP contribution in [0.15, 0.2) is 234 Å². The molecule has 0 bridgehead atoms. The molecule has 1 aromatic heterocycles. The Bertz CT molecular complexity index is 3190. The van der Waals surface area contributed by atoms with Gasteiger partial charge in [-0.3, -0.25) is 0 Å². The lowest BCUT2D eigenvalue weighted by Gasteiger charge is -2.39. The van der Waals surface area contributed by atoms with E-state index < -0.39 is 5.41 Å². The first kappa shape index (κ1) is 36.2. The largest absolute Gasteiger partial charge is 0.208 e. The zero-order valence-corrected chi connectivity index (χ0v) is 34.4. The molecule has 2 aliphatic rings. The van der Waals surface area contributed by atoms with Crippen molar-refractivity contribution >= 4 is 11.8 Å². The first-order valence-corrected chi connectivity index (χ1v) is 21.8. The SMILES string of the molecule is c1ccc(-c2cccc(-c3nc(-c4cccc(-c5ccccc5)c4)nc(-c4ccccc4-c4ccc5c(c4)Sc4ccccc4C54c5ccccc5-c5ccccc54)n3)c2)cc1. The van der Waals surface area contributed by atoms with Gasteiger partial charge < -0.3 is 0 Å². The molecule has 2 heterocycles.